The lowest BCUT2D eigenvalue weighted by Gasteiger charge is -2.18. The van der Waals surface area contributed by atoms with Gasteiger partial charge in [-0.2, -0.15) is 5.26 Å². The van der Waals surface area contributed by atoms with Crippen molar-refractivity contribution in [3.63, 3.8) is 0 Å². The van der Waals surface area contributed by atoms with Crippen LogP contribution in [0.3, 0.4) is 0 Å². The Bertz CT molecular complexity index is 936. The van der Waals surface area contributed by atoms with Crippen LogP contribution in [0, 0.1) is 11.3 Å². The number of para-hydroxylation sites is 1. The Morgan fingerprint density at radius 2 is 2.12 bits per heavy atom. The quantitative estimate of drug-likeness (QED) is 0.369. The fraction of sp³-hybridized carbons (Fsp3) is 0.333. The van der Waals surface area contributed by atoms with Gasteiger partial charge in [-0.25, -0.2) is 4.98 Å². The Labute approximate surface area is 150 Å². The van der Waals surface area contributed by atoms with Crippen LogP contribution in [0.2, 0.25) is 0 Å². The molecule has 0 aliphatic heterocycles. The summed E-state index contributed by atoms with van der Waals surface area (Å²) in [5, 5.41) is 10.1. The number of benzene rings is 1. The minimum Gasteiger partial charge on any atom is -0.401 e. The number of rotatable bonds is 6. The van der Waals surface area contributed by atoms with Crippen LogP contribution in [-0.2, 0) is 4.79 Å². The van der Waals surface area contributed by atoms with Crippen molar-refractivity contribution in [3.05, 3.63) is 45.9 Å². The molecule has 0 radical (unpaired) electrons. The molecule has 1 atom stereocenters. The van der Waals surface area contributed by atoms with Crippen LogP contribution in [0.1, 0.15) is 33.2 Å². The first-order chi connectivity index (χ1) is 11.9. The summed E-state index contributed by atoms with van der Waals surface area (Å²) in [5.74, 6) is -0.371. The second-order valence-electron chi connectivity index (χ2n) is 5.73. The zero-order valence-electron chi connectivity index (χ0n) is 14.4. The van der Waals surface area contributed by atoms with Crippen molar-refractivity contribution in [2.75, 3.05) is 5.75 Å². The first-order valence-electron chi connectivity index (χ1n) is 7.94. The highest BCUT2D eigenvalue weighted by molar-refractivity contribution is 7.99. The van der Waals surface area contributed by atoms with Gasteiger partial charge in [-0.3, -0.25) is 14.2 Å². The zero-order chi connectivity index (χ0) is 18.6. The number of fused-ring (bicyclic) bond motifs is 1. The highest BCUT2D eigenvalue weighted by atomic mass is 32.2. The van der Waals surface area contributed by atoms with Crippen LogP contribution < -0.4 is 11.3 Å². The summed E-state index contributed by atoms with van der Waals surface area (Å²) in [6.45, 7) is 5.44. The molecule has 0 fully saturated rings. The van der Waals surface area contributed by atoms with Crippen LogP contribution in [0.4, 0.5) is 0 Å². The predicted octanol–water partition coefficient (Wildman–Crippen LogP) is 2.78. The van der Waals surface area contributed by atoms with Crippen LogP contribution in [-0.4, -0.2) is 21.1 Å². The number of allylic oxidation sites excluding steroid dienone is 2. The van der Waals surface area contributed by atoms with Gasteiger partial charge in [0.1, 0.15) is 11.6 Å². The molecule has 0 saturated heterocycles. The van der Waals surface area contributed by atoms with Crippen LogP contribution in [0.5, 0.6) is 0 Å². The Hall–Kier alpha value is -2.59. The lowest BCUT2D eigenvalue weighted by Crippen LogP contribution is -2.26. The Morgan fingerprint density at radius 3 is 2.72 bits per heavy atom. The van der Waals surface area contributed by atoms with Gasteiger partial charge in [0, 0.05) is 11.7 Å². The molecule has 0 aliphatic rings. The minimum absolute atomic E-state index is 0.00134. The highest BCUT2D eigenvalue weighted by Crippen LogP contribution is 2.23. The van der Waals surface area contributed by atoms with Gasteiger partial charge in [-0.05, 0) is 32.4 Å². The molecule has 130 valence electrons. The SMILES string of the molecule is CCC(C)n1c(SCC(=O)C(C#N)=C(C)N)nc2ccccc2c1=O. The predicted molar refractivity (Wildman–Crippen MR) is 99.2 cm³/mol. The van der Waals surface area contributed by atoms with Crippen LogP contribution >= 0.6 is 11.8 Å². The summed E-state index contributed by atoms with van der Waals surface area (Å²) in [5.41, 5.74) is 6.18. The Morgan fingerprint density at radius 1 is 1.44 bits per heavy atom. The standard InChI is InChI=1S/C18H20N4O2S/c1-4-11(2)22-17(24)13-7-5-6-8-15(13)21-18(22)25-10-16(23)14(9-19)12(3)20/h5-8,11H,4,10,20H2,1-3H3. The number of hydrogen-bond acceptors (Lipinski definition) is 6. The molecule has 0 spiro atoms. The van der Waals surface area contributed by atoms with Crippen LogP contribution in [0.25, 0.3) is 10.9 Å². The highest BCUT2D eigenvalue weighted by Gasteiger charge is 2.18. The second kappa shape index (κ2) is 7.99. The van der Waals surface area contributed by atoms with E-state index in [0.29, 0.717) is 16.1 Å². The molecule has 6 nitrogen and oxygen atoms in total. The summed E-state index contributed by atoms with van der Waals surface area (Å²) in [4.78, 5) is 29.6. The maximum atomic E-state index is 12.8. The fourth-order valence-corrected chi connectivity index (χ4v) is 3.34. The molecular weight excluding hydrogens is 336 g/mol. The van der Waals surface area contributed by atoms with Gasteiger partial charge in [-0.1, -0.05) is 30.8 Å². The number of hydrogen-bond donors (Lipinski definition) is 1. The molecule has 7 heteroatoms. The lowest BCUT2D eigenvalue weighted by atomic mass is 10.2. The summed E-state index contributed by atoms with van der Waals surface area (Å²) in [6, 6.07) is 8.92. The molecule has 25 heavy (non-hydrogen) atoms. The van der Waals surface area contributed by atoms with E-state index in [0.717, 1.165) is 18.2 Å². The molecule has 1 aromatic carbocycles. The van der Waals surface area contributed by atoms with E-state index in [1.807, 2.05) is 26.0 Å². The molecule has 0 bridgehead atoms. The summed E-state index contributed by atoms with van der Waals surface area (Å²) in [7, 11) is 0. The first kappa shape index (κ1) is 18.7. The largest absolute Gasteiger partial charge is 0.401 e. The van der Waals surface area contributed by atoms with Crippen molar-refractivity contribution >= 4 is 28.4 Å². The summed E-state index contributed by atoms with van der Waals surface area (Å²) >= 11 is 1.15. The topological polar surface area (TPSA) is 102 Å². The number of nitrogens with two attached hydrogens (primary N) is 1. The monoisotopic (exact) mass is 356 g/mol. The maximum absolute atomic E-state index is 12.8. The smallest absolute Gasteiger partial charge is 0.262 e. The van der Waals surface area contributed by atoms with Gasteiger partial charge < -0.3 is 5.73 Å². The maximum Gasteiger partial charge on any atom is 0.262 e. The number of nitriles is 1. The van der Waals surface area contributed by atoms with E-state index in [9.17, 15) is 9.59 Å². The zero-order valence-corrected chi connectivity index (χ0v) is 15.3. The molecule has 2 rings (SSSR count). The van der Waals surface area contributed by atoms with Crippen molar-refractivity contribution < 1.29 is 4.79 Å². The van der Waals surface area contributed by atoms with Crippen molar-refractivity contribution in [1.29, 1.82) is 5.26 Å². The molecule has 1 aromatic heterocycles. The molecular formula is C18H20N4O2S. The van der Waals surface area contributed by atoms with E-state index in [4.69, 9.17) is 11.0 Å². The number of carbonyl (C=O) groups is 1. The summed E-state index contributed by atoms with van der Waals surface area (Å²) < 4.78 is 1.62. The van der Waals surface area contributed by atoms with Crippen molar-refractivity contribution in [1.82, 2.24) is 9.55 Å². The molecule has 1 heterocycles. The van der Waals surface area contributed by atoms with E-state index >= 15 is 0 Å². The van der Waals surface area contributed by atoms with Crippen LogP contribution in [0.15, 0.2) is 45.5 Å². The van der Waals surface area contributed by atoms with Gasteiger partial charge in [0.25, 0.3) is 5.56 Å². The minimum atomic E-state index is -0.370. The normalized spacial score (nSPS) is 13.2. The molecule has 2 N–H and O–H groups in total. The average molecular weight is 356 g/mol. The third-order valence-corrected chi connectivity index (χ3v) is 4.88. The van der Waals surface area contributed by atoms with E-state index in [-0.39, 0.29) is 34.4 Å². The number of Topliss-reactive ketones (excluding diaryl/α,β-unsaturated/α-hetero) is 1. The van der Waals surface area contributed by atoms with Gasteiger partial charge in [0.15, 0.2) is 10.9 Å². The van der Waals surface area contributed by atoms with E-state index in [2.05, 4.69) is 4.98 Å². The summed E-state index contributed by atoms with van der Waals surface area (Å²) in [6.07, 6.45) is 0.757. The number of thioether (sulfide) groups is 1. The first-order valence-corrected chi connectivity index (χ1v) is 8.93. The Kier molecular flexibility index (Phi) is 5.99. The number of aromatic nitrogens is 2. The van der Waals surface area contributed by atoms with Crippen molar-refractivity contribution in [2.24, 2.45) is 5.73 Å². The van der Waals surface area contributed by atoms with Crippen molar-refractivity contribution in [3.8, 4) is 6.07 Å². The molecule has 2 aromatic rings. The molecule has 0 saturated carbocycles. The van der Waals surface area contributed by atoms with Gasteiger partial charge >= 0.3 is 0 Å². The third kappa shape index (κ3) is 3.91. The fourth-order valence-electron chi connectivity index (χ4n) is 2.37. The van der Waals surface area contributed by atoms with E-state index in [1.165, 1.54) is 6.92 Å². The van der Waals surface area contributed by atoms with Gasteiger partial charge in [-0.15, -0.1) is 0 Å². The van der Waals surface area contributed by atoms with Gasteiger partial charge in [0.05, 0.1) is 16.7 Å². The van der Waals surface area contributed by atoms with Gasteiger partial charge in [0.2, 0.25) is 0 Å². The number of ketones is 1. The number of nitrogens with zero attached hydrogens (tertiary/aromatic N) is 3. The lowest BCUT2D eigenvalue weighted by molar-refractivity contribution is -0.112. The average Bonchev–Trinajstić information content (AvgIpc) is 2.59. The third-order valence-electron chi connectivity index (χ3n) is 3.92. The van der Waals surface area contributed by atoms with E-state index in [1.54, 1.807) is 22.8 Å². The number of carbonyl (C=O) groups excluding carboxylic acids is 1. The second-order valence-corrected chi connectivity index (χ2v) is 6.67. The Balaban J connectivity index is 2.47. The molecule has 1 unspecified atom stereocenters. The molecule has 0 aliphatic carbocycles. The molecule has 0 amide bonds. The van der Waals surface area contributed by atoms with E-state index < -0.39 is 0 Å². The van der Waals surface area contributed by atoms with Crippen molar-refractivity contribution in [2.45, 2.75) is 38.4 Å².